The van der Waals surface area contributed by atoms with Crippen molar-refractivity contribution in [2.75, 3.05) is 11.5 Å². The largest absolute Gasteiger partial charge is 0.397 e. The third-order valence-electron chi connectivity index (χ3n) is 1.63. The van der Waals surface area contributed by atoms with E-state index in [0.29, 0.717) is 11.0 Å². The van der Waals surface area contributed by atoms with E-state index in [4.69, 9.17) is 11.5 Å². The number of nitrogens with zero attached hydrogens (tertiary/aromatic N) is 1. The highest BCUT2D eigenvalue weighted by Gasteiger charge is 2.15. The summed E-state index contributed by atoms with van der Waals surface area (Å²) in [5.74, 6) is 0. The number of hydrogen-bond acceptors (Lipinski definition) is 3. The Labute approximate surface area is 82.3 Å². The molecule has 0 fully saturated rings. The maximum Gasteiger partial charge on any atom is 0.267 e. The minimum atomic E-state index is -2.64. The van der Waals surface area contributed by atoms with Gasteiger partial charge in [0.2, 0.25) is 0 Å². The van der Waals surface area contributed by atoms with Crippen molar-refractivity contribution in [3.8, 4) is 0 Å². The van der Waals surface area contributed by atoms with Crippen LogP contribution in [0.3, 0.4) is 0 Å². The number of hydrogen-bond donors (Lipinski definition) is 2. The van der Waals surface area contributed by atoms with Gasteiger partial charge in [-0.05, 0) is 0 Å². The molecule has 0 unspecified atom stereocenters. The molecule has 72 valence electrons. The maximum absolute atomic E-state index is 12.3. The van der Waals surface area contributed by atoms with Crippen LogP contribution in [0.2, 0.25) is 0 Å². The van der Waals surface area contributed by atoms with Gasteiger partial charge in [0.1, 0.15) is 0 Å². The number of pyridine rings is 1. The Hall–Kier alpha value is -0.910. The molecule has 1 aromatic heterocycles. The molecule has 0 amide bonds. The summed E-state index contributed by atoms with van der Waals surface area (Å²) in [5.41, 5.74) is 11.1. The molecule has 0 aliphatic heterocycles. The lowest BCUT2D eigenvalue weighted by Gasteiger charge is -2.09. The Bertz CT molecular complexity index is 317. The van der Waals surface area contributed by atoms with Crippen molar-refractivity contribution in [3.05, 3.63) is 17.5 Å². The van der Waals surface area contributed by atoms with Gasteiger partial charge in [-0.25, -0.2) is 8.78 Å². The average Bonchev–Trinajstić information content (AvgIpc) is 2.09. The van der Waals surface area contributed by atoms with E-state index in [1.54, 1.807) is 0 Å². The quantitative estimate of drug-likeness (QED) is 0.792. The zero-order valence-electron chi connectivity index (χ0n) is 6.60. The second-order valence-corrected chi connectivity index (χ2v) is 2.98. The Balaban J connectivity index is 3.23. The molecule has 6 heteroatoms. The van der Waals surface area contributed by atoms with Crippen LogP contribution in [0.4, 0.5) is 20.2 Å². The van der Waals surface area contributed by atoms with Gasteiger partial charge in [0, 0.05) is 11.5 Å². The molecule has 1 heterocycles. The van der Waals surface area contributed by atoms with Crippen molar-refractivity contribution in [2.24, 2.45) is 0 Å². The molecular formula is C7H8BrF2N3. The van der Waals surface area contributed by atoms with Gasteiger partial charge in [-0.1, -0.05) is 15.9 Å². The summed E-state index contributed by atoms with van der Waals surface area (Å²) in [4.78, 5) is 3.75. The number of anilines is 2. The van der Waals surface area contributed by atoms with Crippen molar-refractivity contribution < 1.29 is 8.78 Å². The number of aromatic nitrogens is 1. The van der Waals surface area contributed by atoms with Crippen LogP contribution < -0.4 is 11.5 Å². The molecule has 0 saturated heterocycles. The van der Waals surface area contributed by atoms with Gasteiger partial charge in [0.05, 0.1) is 22.6 Å². The van der Waals surface area contributed by atoms with Crippen LogP contribution in [-0.2, 0) is 5.33 Å². The number of nitrogens with two attached hydrogens (primary N) is 2. The van der Waals surface area contributed by atoms with Crippen molar-refractivity contribution in [3.63, 3.8) is 0 Å². The first kappa shape index (κ1) is 10.2. The summed E-state index contributed by atoms with van der Waals surface area (Å²) in [6.45, 7) is 0. The normalized spacial score (nSPS) is 10.8. The second kappa shape index (κ2) is 3.87. The summed E-state index contributed by atoms with van der Waals surface area (Å²) < 4.78 is 24.5. The lowest BCUT2D eigenvalue weighted by molar-refractivity contribution is 0.152. The first-order chi connectivity index (χ1) is 6.07. The molecule has 0 aliphatic rings. The van der Waals surface area contributed by atoms with E-state index in [-0.39, 0.29) is 16.9 Å². The van der Waals surface area contributed by atoms with Crippen LogP contribution in [0.15, 0.2) is 6.20 Å². The zero-order valence-corrected chi connectivity index (χ0v) is 8.18. The Morgan fingerprint density at radius 1 is 1.38 bits per heavy atom. The standard InChI is InChI=1S/C7H8BrF2N3/c8-1-4-6(12)5(11)3(2-13-4)7(9)10/h2,7H,1,12H2,(H2,11,13). The molecule has 1 rings (SSSR count). The molecule has 3 nitrogen and oxygen atoms in total. The number of alkyl halides is 3. The lowest BCUT2D eigenvalue weighted by atomic mass is 10.2. The average molecular weight is 252 g/mol. The summed E-state index contributed by atoms with van der Waals surface area (Å²) in [7, 11) is 0. The highest BCUT2D eigenvalue weighted by molar-refractivity contribution is 9.08. The highest BCUT2D eigenvalue weighted by Crippen LogP contribution is 2.30. The third-order valence-corrected chi connectivity index (χ3v) is 2.16. The Morgan fingerprint density at radius 3 is 2.46 bits per heavy atom. The summed E-state index contributed by atoms with van der Waals surface area (Å²) >= 11 is 3.12. The minimum absolute atomic E-state index is 0.0838. The smallest absolute Gasteiger partial charge is 0.267 e. The molecule has 0 aliphatic carbocycles. The number of halogens is 3. The van der Waals surface area contributed by atoms with Crippen LogP contribution in [0.1, 0.15) is 17.7 Å². The van der Waals surface area contributed by atoms with Gasteiger partial charge in [-0.2, -0.15) is 0 Å². The van der Waals surface area contributed by atoms with Crippen LogP contribution >= 0.6 is 15.9 Å². The maximum atomic E-state index is 12.3. The molecule has 0 bridgehead atoms. The molecule has 0 saturated carbocycles. The predicted octanol–water partition coefficient (Wildman–Crippen LogP) is 2.08. The Kier molecular flexibility index (Phi) is 3.02. The topological polar surface area (TPSA) is 64.9 Å². The van der Waals surface area contributed by atoms with E-state index in [9.17, 15) is 8.78 Å². The van der Waals surface area contributed by atoms with Crippen LogP contribution in [0.5, 0.6) is 0 Å². The summed E-state index contributed by atoms with van der Waals surface area (Å²) in [6.07, 6.45) is -1.59. The van der Waals surface area contributed by atoms with Gasteiger partial charge in [-0.15, -0.1) is 0 Å². The van der Waals surface area contributed by atoms with E-state index in [2.05, 4.69) is 20.9 Å². The number of nitrogen functional groups attached to an aromatic ring is 2. The molecular weight excluding hydrogens is 244 g/mol. The fraction of sp³-hybridized carbons (Fsp3) is 0.286. The van der Waals surface area contributed by atoms with Crippen LogP contribution in [0, 0.1) is 0 Å². The molecule has 0 spiro atoms. The summed E-state index contributed by atoms with van der Waals surface area (Å²) in [6, 6.07) is 0. The molecule has 1 aromatic rings. The minimum Gasteiger partial charge on any atom is -0.397 e. The van der Waals surface area contributed by atoms with Crippen molar-refractivity contribution >= 4 is 27.3 Å². The van der Waals surface area contributed by atoms with E-state index < -0.39 is 6.43 Å². The lowest BCUT2D eigenvalue weighted by Crippen LogP contribution is -2.05. The molecule has 0 atom stereocenters. The predicted molar refractivity (Wildman–Crippen MR) is 50.6 cm³/mol. The summed E-state index contributed by atoms with van der Waals surface area (Å²) in [5, 5.41) is 0.395. The van der Waals surface area contributed by atoms with Crippen molar-refractivity contribution in [1.29, 1.82) is 0 Å². The van der Waals surface area contributed by atoms with E-state index in [1.807, 2.05) is 0 Å². The fourth-order valence-corrected chi connectivity index (χ4v) is 1.32. The Morgan fingerprint density at radius 2 is 2.00 bits per heavy atom. The van der Waals surface area contributed by atoms with E-state index >= 15 is 0 Å². The van der Waals surface area contributed by atoms with Gasteiger partial charge >= 0.3 is 0 Å². The molecule has 4 N–H and O–H groups in total. The zero-order chi connectivity index (χ0) is 10.0. The first-order valence-electron chi connectivity index (χ1n) is 3.44. The number of rotatable bonds is 2. The molecule has 0 aromatic carbocycles. The molecule has 0 radical (unpaired) electrons. The third kappa shape index (κ3) is 1.88. The van der Waals surface area contributed by atoms with E-state index in [1.165, 1.54) is 0 Å². The second-order valence-electron chi connectivity index (χ2n) is 2.42. The highest BCUT2D eigenvalue weighted by atomic mass is 79.9. The van der Waals surface area contributed by atoms with Gasteiger partial charge in [0.15, 0.2) is 0 Å². The van der Waals surface area contributed by atoms with Gasteiger partial charge in [-0.3, -0.25) is 4.98 Å². The SMILES string of the molecule is Nc1c(C(F)F)cnc(CBr)c1N. The van der Waals surface area contributed by atoms with Crippen molar-refractivity contribution in [2.45, 2.75) is 11.8 Å². The fourth-order valence-electron chi connectivity index (χ4n) is 0.878. The van der Waals surface area contributed by atoms with Crippen LogP contribution in [0.25, 0.3) is 0 Å². The van der Waals surface area contributed by atoms with E-state index in [0.717, 1.165) is 6.20 Å². The van der Waals surface area contributed by atoms with Gasteiger partial charge in [0.25, 0.3) is 6.43 Å². The van der Waals surface area contributed by atoms with Crippen molar-refractivity contribution in [1.82, 2.24) is 4.98 Å². The first-order valence-corrected chi connectivity index (χ1v) is 4.57. The van der Waals surface area contributed by atoms with Crippen LogP contribution in [-0.4, -0.2) is 4.98 Å². The molecule has 13 heavy (non-hydrogen) atoms. The monoisotopic (exact) mass is 251 g/mol. The van der Waals surface area contributed by atoms with Gasteiger partial charge < -0.3 is 11.5 Å².